The molecule has 232 valence electrons. The van der Waals surface area contributed by atoms with Crippen LogP contribution in [0.5, 0.6) is 0 Å². The maximum atomic E-state index is 3.33. The van der Waals surface area contributed by atoms with E-state index in [9.17, 15) is 0 Å². The molecule has 0 unspecified atom stereocenters. The standard InChI is InChI=1S/C47H34N2/c1-32-39(28-27-37-15-12-30-48-37)44-31-36(26-29-45(44)49(32)38-16-6-3-7-17-38)47-42-20-10-8-18-40(42)46(41-19-9-11-21-43(41)47)35-24-22-34(23-25-35)33-13-4-2-5-14-33/h2-31,48H,1H3/b28-27+. The van der Waals surface area contributed by atoms with Crippen LogP contribution in [0.2, 0.25) is 0 Å². The summed E-state index contributed by atoms with van der Waals surface area (Å²) in [7, 11) is 0. The lowest BCUT2D eigenvalue weighted by Crippen LogP contribution is -1.96. The molecular formula is C47H34N2. The Morgan fingerprint density at radius 1 is 0.449 bits per heavy atom. The van der Waals surface area contributed by atoms with E-state index in [1.807, 2.05) is 12.3 Å². The van der Waals surface area contributed by atoms with Gasteiger partial charge in [0.2, 0.25) is 0 Å². The second kappa shape index (κ2) is 12.0. The van der Waals surface area contributed by atoms with E-state index >= 15 is 0 Å². The lowest BCUT2D eigenvalue weighted by atomic mass is 9.85. The second-order valence-electron chi connectivity index (χ2n) is 12.6. The molecule has 0 fully saturated rings. The first-order valence-corrected chi connectivity index (χ1v) is 16.9. The Kier molecular flexibility index (Phi) is 7.06. The van der Waals surface area contributed by atoms with Crippen molar-refractivity contribution in [2.75, 3.05) is 0 Å². The maximum absolute atomic E-state index is 3.33. The van der Waals surface area contributed by atoms with Crippen molar-refractivity contribution in [1.82, 2.24) is 9.55 Å². The number of benzene rings is 7. The zero-order valence-electron chi connectivity index (χ0n) is 27.3. The topological polar surface area (TPSA) is 20.7 Å². The molecule has 2 nitrogen and oxygen atoms in total. The van der Waals surface area contributed by atoms with Gasteiger partial charge in [0.15, 0.2) is 0 Å². The highest BCUT2D eigenvalue weighted by Crippen LogP contribution is 2.45. The predicted octanol–water partition coefficient (Wildman–Crippen LogP) is 12.7. The van der Waals surface area contributed by atoms with Crippen molar-refractivity contribution in [3.8, 4) is 39.1 Å². The number of H-pyrrole nitrogens is 1. The zero-order chi connectivity index (χ0) is 32.7. The molecule has 2 aromatic heterocycles. The third kappa shape index (κ3) is 4.97. The van der Waals surface area contributed by atoms with E-state index in [0.717, 1.165) is 11.4 Å². The van der Waals surface area contributed by atoms with E-state index in [1.165, 1.54) is 77.1 Å². The molecule has 9 rings (SSSR count). The van der Waals surface area contributed by atoms with Gasteiger partial charge in [-0.1, -0.05) is 133 Å². The van der Waals surface area contributed by atoms with Crippen LogP contribution in [-0.4, -0.2) is 9.55 Å². The summed E-state index contributed by atoms with van der Waals surface area (Å²) >= 11 is 0. The fourth-order valence-electron chi connectivity index (χ4n) is 7.55. The van der Waals surface area contributed by atoms with Gasteiger partial charge in [-0.05, 0) is 104 Å². The minimum atomic E-state index is 1.08. The molecule has 2 heteroatoms. The number of aromatic amines is 1. The molecule has 0 aliphatic heterocycles. The minimum Gasteiger partial charge on any atom is -0.362 e. The Hall–Kier alpha value is -6.38. The summed E-state index contributed by atoms with van der Waals surface area (Å²) in [6.07, 6.45) is 6.40. The first-order valence-electron chi connectivity index (χ1n) is 16.9. The lowest BCUT2D eigenvalue weighted by Gasteiger charge is -2.18. The van der Waals surface area contributed by atoms with Gasteiger partial charge in [0, 0.05) is 34.2 Å². The lowest BCUT2D eigenvalue weighted by molar-refractivity contribution is 1.05. The molecule has 0 amide bonds. The minimum absolute atomic E-state index is 1.08. The van der Waals surface area contributed by atoms with E-state index in [-0.39, 0.29) is 0 Å². The molecule has 0 saturated carbocycles. The highest BCUT2D eigenvalue weighted by atomic mass is 15.0. The van der Waals surface area contributed by atoms with Crippen LogP contribution >= 0.6 is 0 Å². The predicted molar refractivity (Wildman–Crippen MR) is 209 cm³/mol. The molecule has 0 spiro atoms. The summed E-state index contributed by atoms with van der Waals surface area (Å²) in [6, 6.07) is 59.3. The third-order valence-electron chi connectivity index (χ3n) is 9.82. The summed E-state index contributed by atoms with van der Waals surface area (Å²) in [5.74, 6) is 0. The van der Waals surface area contributed by atoms with Crippen molar-refractivity contribution < 1.29 is 0 Å². The van der Waals surface area contributed by atoms with Crippen LogP contribution in [-0.2, 0) is 0 Å². The molecule has 2 heterocycles. The van der Waals surface area contributed by atoms with Crippen LogP contribution < -0.4 is 0 Å². The number of aromatic nitrogens is 2. The highest BCUT2D eigenvalue weighted by molar-refractivity contribution is 6.22. The number of para-hydroxylation sites is 1. The molecule has 0 aliphatic carbocycles. The Balaban J connectivity index is 1.28. The van der Waals surface area contributed by atoms with E-state index in [4.69, 9.17) is 0 Å². The van der Waals surface area contributed by atoms with Gasteiger partial charge >= 0.3 is 0 Å². The quantitative estimate of drug-likeness (QED) is 0.177. The molecule has 0 aliphatic rings. The molecule has 9 aromatic rings. The van der Waals surface area contributed by atoms with Crippen LogP contribution in [0.4, 0.5) is 0 Å². The van der Waals surface area contributed by atoms with Gasteiger partial charge < -0.3 is 9.55 Å². The molecule has 49 heavy (non-hydrogen) atoms. The summed E-state index contributed by atoms with van der Waals surface area (Å²) in [5, 5.41) is 6.26. The smallest absolute Gasteiger partial charge is 0.0538 e. The van der Waals surface area contributed by atoms with Crippen molar-refractivity contribution in [3.05, 3.63) is 187 Å². The van der Waals surface area contributed by atoms with Crippen molar-refractivity contribution in [2.24, 2.45) is 0 Å². The second-order valence-corrected chi connectivity index (χ2v) is 12.6. The number of hydrogen-bond donors (Lipinski definition) is 1. The molecule has 7 aromatic carbocycles. The monoisotopic (exact) mass is 626 g/mol. The summed E-state index contributed by atoms with van der Waals surface area (Å²) in [4.78, 5) is 3.33. The van der Waals surface area contributed by atoms with E-state index in [2.05, 4.69) is 186 Å². The average Bonchev–Trinajstić information content (AvgIpc) is 3.78. The fraction of sp³-hybridized carbons (Fsp3) is 0.0213. The van der Waals surface area contributed by atoms with Gasteiger partial charge in [-0.15, -0.1) is 0 Å². The van der Waals surface area contributed by atoms with Crippen molar-refractivity contribution in [1.29, 1.82) is 0 Å². The van der Waals surface area contributed by atoms with Crippen LogP contribution in [0.3, 0.4) is 0 Å². The van der Waals surface area contributed by atoms with Crippen LogP contribution in [0, 0.1) is 6.92 Å². The van der Waals surface area contributed by atoms with Gasteiger partial charge in [-0.2, -0.15) is 0 Å². The summed E-state index contributed by atoms with van der Waals surface area (Å²) < 4.78 is 2.38. The zero-order valence-corrected chi connectivity index (χ0v) is 27.3. The SMILES string of the molecule is Cc1c(/C=C/c2ccc[nH]2)c2cc(-c3c4ccccc4c(-c4ccc(-c5ccccc5)cc4)c4ccccc34)ccc2n1-c1ccccc1. The van der Waals surface area contributed by atoms with Gasteiger partial charge in [0.05, 0.1) is 5.52 Å². The molecular weight excluding hydrogens is 593 g/mol. The Bertz CT molecular complexity index is 2570. The number of fused-ring (bicyclic) bond motifs is 3. The fourth-order valence-corrected chi connectivity index (χ4v) is 7.55. The largest absolute Gasteiger partial charge is 0.362 e. The van der Waals surface area contributed by atoms with Crippen LogP contribution in [0.1, 0.15) is 17.0 Å². The van der Waals surface area contributed by atoms with Crippen molar-refractivity contribution >= 4 is 44.6 Å². The average molecular weight is 627 g/mol. The number of nitrogens with one attached hydrogen (secondary N) is 1. The number of hydrogen-bond acceptors (Lipinski definition) is 0. The summed E-state index contributed by atoms with van der Waals surface area (Å²) in [6.45, 7) is 2.23. The Morgan fingerprint density at radius 2 is 0.980 bits per heavy atom. The van der Waals surface area contributed by atoms with Crippen molar-refractivity contribution in [2.45, 2.75) is 6.92 Å². The molecule has 0 bridgehead atoms. The molecule has 0 radical (unpaired) electrons. The first kappa shape index (κ1) is 28.8. The van der Waals surface area contributed by atoms with E-state index in [0.29, 0.717) is 0 Å². The van der Waals surface area contributed by atoms with Gasteiger partial charge in [0.25, 0.3) is 0 Å². The first-order chi connectivity index (χ1) is 24.2. The highest BCUT2D eigenvalue weighted by Gasteiger charge is 2.19. The Morgan fingerprint density at radius 3 is 1.59 bits per heavy atom. The third-order valence-corrected chi connectivity index (χ3v) is 9.82. The van der Waals surface area contributed by atoms with E-state index < -0.39 is 0 Å². The van der Waals surface area contributed by atoms with Crippen LogP contribution in [0.25, 0.3) is 83.7 Å². The number of rotatable bonds is 6. The molecule has 1 N–H and O–H groups in total. The van der Waals surface area contributed by atoms with Gasteiger partial charge in [-0.3, -0.25) is 0 Å². The summed E-state index contributed by atoms with van der Waals surface area (Å²) in [5.41, 5.74) is 13.3. The number of nitrogens with zero attached hydrogens (tertiary/aromatic N) is 1. The van der Waals surface area contributed by atoms with Gasteiger partial charge in [-0.25, -0.2) is 0 Å². The Labute approximate surface area is 286 Å². The molecule has 0 atom stereocenters. The van der Waals surface area contributed by atoms with Crippen molar-refractivity contribution in [3.63, 3.8) is 0 Å². The van der Waals surface area contributed by atoms with Crippen LogP contribution in [0.15, 0.2) is 170 Å². The normalized spacial score (nSPS) is 11.7. The van der Waals surface area contributed by atoms with E-state index in [1.54, 1.807) is 0 Å². The maximum Gasteiger partial charge on any atom is 0.0538 e. The van der Waals surface area contributed by atoms with Gasteiger partial charge in [0.1, 0.15) is 0 Å². The molecule has 0 saturated heterocycles.